The minimum atomic E-state index is -0.171. The average molecular weight is 300 g/mol. The summed E-state index contributed by atoms with van der Waals surface area (Å²) < 4.78 is 3.24. The number of nitrogens with two attached hydrogens (primary N) is 2. The Labute approximate surface area is 125 Å². The van der Waals surface area contributed by atoms with Crippen LogP contribution in [0.5, 0.6) is 0 Å². The van der Waals surface area contributed by atoms with Gasteiger partial charge in [-0.15, -0.1) is 0 Å². The minimum absolute atomic E-state index is 0.161. The molecule has 0 amide bonds. The molecule has 0 bridgehead atoms. The molecule has 0 aliphatic heterocycles. The number of nitrogens with zero attached hydrogens (tertiary/aromatic N) is 3. The number of hydrogen-bond acceptors (Lipinski definition) is 4. The fourth-order valence-electron chi connectivity index (χ4n) is 2.42. The van der Waals surface area contributed by atoms with Gasteiger partial charge < -0.3 is 11.5 Å². The summed E-state index contributed by atoms with van der Waals surface area (Å²) in [5.41, 5.74) is 13.2. The van der Waals surface area contributed by atoms with Crippen molar-refractivity contribution in [1.29, 1.82) is 0 Å². The molecule has 0 fully saturated rings. The Morgan fingerprint density at radius 2 is 2.24 bits per heavy atom. The molecular formula is C14H14N5OS+. The van der Waals surface area contributed by atoms with Crippen LogP contribution in [-0.2, 0) is 6.54 Å². The molecule has 0 unspecified atom stereocenters. The summed E-state index contributed by atoms with van der Waals surface area (Å²) in [7, 11) is 0. The first-order valence-corrected chi connectivity index (χ1v) is 6.88. The Morgan fingerprint density at radius 1 is 1.48 bits per heavy atom. The third kappa shape index (κ3) is 1.93. The van der Waals surface area contributed by atoms with E-state index < -0.39 is 0 Å². The number of rotatable bonds is 2. The second-order valence-electron chi connectivity index (χ2n) is 4.63. The van der Waals surface area contributed by atoms with Crippen LogP contribution in [0.25, 0.3) is 16.7 Å². The van der Waals surface area contributed by atoms with E-state index in [2.05, 4.69) is 4.98 Å². The van der Waals surface area contributed by atoms with Crippen molar-refractivity contribution in [2.24, 2.45) is 5.73 Å². The highest BCUT2D eigenvalue weighted by Gasteiger charge is 2.20. The van der Waals surface area contributed by atoms with Gasteiger partial charge in [0.1, 0.15) is 10.4 Å². The molecule has 106 valence electrons. The van der Waals surface area contributed by atoms with E-state index in [1.807, 2.05) is 13.0 Å². The van der Waals surface area contributed by atoms with Crippen molar-refractivity contribution in [3.05, 3.63) is 46.4 Å². The van der Waals surface area contributed by atoms with Crippen LogP contribution in [0.4, 0.5) is 5.82 Å². The van der Waals surface area contributed by atoms with Gasteiger partial charge in [-0.1, -0.05) is 23.3 Å². The van der Waals surface area contributed by atoms with Gasteiger partial charge in [0.25, 0.3) is 11.2 Å². The number of pyridine rings is 2. The standard InChI is InChI=1S/C14H13N5OS/c1-2-18-11(15)8(12(16)21)7-9-13(18)17-10-5-3-4-6-19(10)14(9)20/h3-7,15H,2H2,1H3,(H2,16,21)/p+1. The monoisotopic (exact) mass is 300 g/mol. The summed E-state index contributed by atoms with van der Waals surface area (Å²) in [5, 5.41) is 0.442. The van der Waals surface area contributed by atoms with E-state index in [0.29, 0.717) is 34.6 Å². The van der Waals surface area contributed by atoms with Crippen LogP contribution in [0.1, 0.15) is 12.5 Å². The van der Waals surface area contributed by atoms with Crippen molar-refractivity contribution in [2.45, 2.75) is 13.5 Å². The molecule has 4 N–H and O–H groups in total. The number of thiocarbonyl (C=S) groups is 1. The lowest BCUT2D eigenvalue weighted by Gasteiger charge is -2.09. The maximum atomic E-state index is 12.6. The van der Waals surface area contributed by atoms with Crippen LogP contribution in [0.15, 0.2) is 35.3 Å². The van der Waals surface area contributed by atoms with Gasteiger partial charge in [-0.2, -0.15) is 0 Å². The summed E-state index contributed by atoms with van der Waals surface area (Å²) in [6, 6.07) is 7.00. The Balaban J connectivity index is 2.59. The van der Waals surface area contributed by atoms with Gasteiger partial charge in [-0.05, 0) is 25.1 Å². The smallest absolute Gasteiger partial charge is 0.278 e. The topological polar surface area (TPSA) is 90.3 Å². The van der Waals surface area contributed by atoms with Crippen molar-refractivity contribution in [1.82, 2.24) is 9.38 Å². The molecule has 0 atom stereocenters. The van der Waals surface area contributed by atoms with Crippen LogP contribution < -0.4 is 21.6 Å². The molecule has 3 aromatic rings. The molecule has 0 saturated carbocycles. The minimum Gasteiger partial charge on any atom is -0.389 e. The average Bonchev–Trinajstić information content (AvgIpc) is 2.47. The van der Waals surface area contributed by atoms with Crippen LogP contribution in [-0.4, -0.2) is 14.4 Å². The highest BCUT2D eigenvalue weighted by atomic mass is 32.1. The Morgan fingerprint density at radius 3 is 2.90 bits per heavy atom. The van der Waals surface area contributed by atoms with Crippen LogP contribution in [0.2, 0.25) is 0 Å². The normalized spacial score (nSPS) is 11.1. The number of aromatic nitrogens is 3. The fourth-order valence-corrected chi connectivity index (χ4v) is 2.58. The van der Waals surface area contributed by atoms with Crippen molar-refractivity contribution in [3.8, 4) is 0 Å². The Bertz CT molecular complexity index is 947. The van der Waals surface area contributed by atoms with E-state index in [1.165, 1.54) is 4.40 Å². The van der Waals surface area contributed by atoms with Gasteiger partial charge in [0.2, 0.25) is 11.5 Å². The quantitative estimate of drug-likeness (QED) is 0.405. The molecule has 3 rings (SSSR count). The maximum absolute atomic E-state index is 12.6. The van der Waals surface area contributed by atoms with E-state index in [9.17, 15) is 4.79 Å². The molecule has 6 nitrogen and oxygen atoms in total. The molecule has 0 aliphatic rings. The summed E-state index contributed by atoms with van der Waals surface area (Å²) in [6.07, 6.45) is 1.68. The number of hydrogen-bond donors (Lipinski definition) is 2. The fraction of sp³-hybridized carbons (Fsp3) is 0.143. The molecule has 0 spiro atoms. The van der Waals surface area contributed by atoms with Crippen molar-refractivity contribution in [3.63, 3.8) is 0 Å². The number of fused-ring (bicyclic) bond motifs is 2. The van der Waals surface area contributed by atoms with E-state index >= 15 is 0 Å². The van der Waals surface area contributed by atoms with Gasteiger partial charge in [0.15, 0.2) is 0 Å². The zero-order valence-corrected chi connectivity index (χ0v) is 12.2. The third-order valence-electron chi connectivity index (χ3n) is 3.44. The molecule has 7 heteroatoms. The predicted octanol–water partition coefficient (Wildman–Crippen LogP) is 0.371. The van der Waals surface area contributed by atoms with Gasteiger partial charge in [-0.3, -0.25) is 9.20 Å². The largest absolute Gasteiger partial charge is 0.389 e. The van der Waals surface area contributed by atoms with Gasteiger partial charge in [0.05, 0.1) is 12.1 Å². The molecule has 3 heterocycles. The summed E-state index contributed by atoms with van der Waals surface area (Å²) in [4.78, 5) is 17.3. The van der Waals surface area contributed by atoms with E-state index in [1.54, 1.807) is 29.0 Å². The maximum Gasteiger partial charge on any atom is 0.278 e. The molecular weight excluding hydrogens is 286 g/mol. The lowest BCUT2D eigenvalue weighted by molar-refractivity contribution is -0.655. The second-order valence-corrected chi connectivity index (χ2v) is 5.07. The van der Waals surface area contributed by atoms with Crippen molar-refractivity contribution >= 4 is 39.7 Å². The SMILES string of the molecule is CC[n+]1c(N)c(C(N)=S)cc2c(=O)n3ccccc3nc21. The van der Waals surface area contributed by atoms with Gasteiger partial charge in [0, 0.05) is 6.20 Å². The summed E-state index contributed by atoms with van der Waals surface area (Å²) in [6.45, 7) is 2.49. The summed E-state index contributed by atoms with van der Waals surface area (Å²) >= 11 is 5.01. The molecule has 0 saturated heterocycles. The number of aryl methyl sites for hydroxylation is 1. The molecule has 21 heavy (non-hydrogen) atoms. The first kappa shape index (κ1) is 13.4. The molecule has 0 radical (unpaired) electrons. The Kier molecular flexibility index (Phi) is 3.06. The van der Waals surface area contributed by atoms with E-state index in [4.69, 9.17) is 23.7 Å². The molecule has 0 aliphatic carbocycles. The van der Waals surface area contributed by atoms with Crippen molar-refractivity contribution in [2.75, 3.05) is 5.73 Å². The van der Waals surface area contributed by atoms with Crippen LogP contribution >= 0.6 is 12.2 Å². The number of anilines is 1. The van der Waals surface area contributed by atoms with Gasteiger partial charge in [-0.25, -0.2) is 4.57 Å². The zero-order chi connectivity index (χ0) is 15.1. The highest BCUT2D eigenvalue weighted by Crippen LogP contribution is 2.14. The first-order chi connectivity index (χ1) is 10.0. The third-order valence-corrected chi connectivity index (χ3v) is 3.66. The highest BCUT2D eigenvalue weighted by molar-refractivity contribution is 7.80. The lowest BCUT2D eigenvalue weighted by Crippen LogP contribution is -2.41. The molecule has 3 aromatic heterocycles. The Hall–Kier alpha value is -2.54. The zero-order valence-electron chi connectivity index (χ0n) is 11.4. The predicted molar refractivity (Wildman–Crippen MR) is 85.1 cm³/mol. The van der Waals surface area contributed by atoms with E-state index in [0.717, 1.165) is 0 Å². The van der Waals surface area contributed by atoms with Crippen molar-refractivity contribution < 1.29 is 4.57 Å². The van der Waals surface area contributed by atoms with E-state index in [-0.39, 0.29) is 10.5 Å². The second kappa shape index (κ2) is 4.78. The van der Waals surface area contributed by atoms with Crippen LogP contribution in [0, 0.1) is 0 Å². The molecule has 0 aromatic carbocycles. The first-order valence-electron chi connectivity index (χ1n) is 6.47. The number of nitrogen functional groups attached to an aromatic ring is 1. The van der Waals surface area contributed by atoms with Gasteiger partial charge >= 0.3 is 0 Å². The lowest BCUT2D eigenvalue weighted by atomic mass is 10.2. The van der Waals surface area contributed by atoms with Crippen LogP contribution in [0.3, 0.4) is 0 Å². The summed E-state index contributed by atoms with van der Waals surface area (Å²) in [5.74, 6) is 0.421.